The first-order valence-electron chi connectivity index (χ1n) is 9.14. The minimum absolute atomic E-state index is 0.0302. The third-order valence-corrected chi connectivity index (χ3v) is 4.63. The van der Waals surface area contributed by atoms with E-state index in [0.29, 0.717) is 22.9 Å². The van der Waals surface area contributed by atoms with Gasteiger partial charge >= 0.3 is 12.0 Å². The molecule has 2 aromatic heterocycles. The monoisotopic (exact) mass is 418 g/mol. The summed E-state index contributed by atoms with van der Waals surface area (Å²) in [5, 5.41) is 22.0. The minimum atomic E-state index is -1.11. The molecular formula is C21H18N6O4. The number of ether oxygens (including phenoxy) is 1. The molecule has 0 aliphatic rings. The number of nitrogen functional groups attached to an aromatic ring is 1. The molecule has 0 unspecified atom stereocenters. The Hall–Kier alpha value is -4.60. The molecule has 10 nitrogen and oxygen atoms in total. The zero-order valence-corrected chi connectivity index (χ0v) is 16.3. The van der Waals surface area contributed by atoms with Crippen LogP contribution in [0.1, 0.15) is 10.4 Å². The number of aromatic nitrogens is 3. The highest BCUT2D eigenvalue weighted by atomic mass is 16.5. The molecule has 0 radical (unpaired) electrons. The SMILES string of the molecule is COc1ccc(C(=O)O)cc1NC(=O)Nc1ccc(-c2ccnc3n[nH]c(N)c23)cc1. The molecule has 0 spiro atoms. The van der Waals surface area contributed by atoms with Gasteiger partial charge in [-0.2, -0.15) is 5.10 Å². The van der Waals surface area contributed by atoms with Crippen LogP contribution in [0, 0.1) is 0 Å². The van der Waals surface area contributed by atoms with E-state index >= 15 is 0 Å². The van der Waals surface area contributed by atoms with Gasteiger partial charge in [0.1, 0.15) is 11.6 Å². The topological polar surface area (TPSA) is 155 Å². The number of nitrogens with one attached hydrogen (secondary N) is 3. The van der Waals surface area contributed by atoms with Crippen LogP contribution < -0.4 is 21.1 Å². The van der Waals surface area contributed by atoms with E-state index in [9.17, 15) is 9.59 Å². The smallest absolute Gasteiger partial charge is 0.335 e. The van der Waals surface area contributed by atoms with E-state index in [-0.39, 0.29) is 11.3 Å². The van der Waals surface area contributed by atoms with Crippen molar-refractivity contribution in [1.82, 2.24) is 15.2 Å². The summed E-state index contributed by atoms with van der Waals surface area (Å²) in [5.41, 5.74) is 9.04. The Labute approximate surface area is 176 Å². The number of carbonyl (C=O) groups is 2. The summed E-state index contributed by atoms with van der Waals surface area (Å²) in [6, 6.07) is 12.6. The number of nitrogens with zero attached hydrogens (tertiary/aromatic N) is 2. The van der Waals surface area contributed by atoms with Gasteiger partial charge in [-0.1, -0.05) is 12.1 Å². The fourth-order valence-electron chi connectivity index (χ4n) is 3.17. The number of hydrogen-bond donors (Lipinski definition) is 5. The Kier molecular flexibility index (Phi) is 5.10. The van der Waals surface area contributed by atoms with E-state index in [1.807, 2.05) is 18.2 Å². The summed E-state index contributed by atoms with van der Waals surface area (Å²) in [6.45, 7) is 0. The van der Waals surface area contributed by atoms with E-state index in [1.54, 1.807) is 18.3 Å². The zero-order chi connectivity index (χ0) is 22.0. The van der Waals surface area contributed by atoms with Gasteiger partial charge in [0.15, 0.2) is 5.65 Å². The predicted molar refractivity (Wildman–Crippen MR) is 116 cm³/mol. The number of hydrogen-bond acceptors (Lipinski definition) is 6. The number of nitrogens with two attached hydrogens (primary N) is 1. The van der Waals surface area contributed by atoms with Gasteiger partial charge in [0.25, 0.3) is 0 Å². The van der Waals surface area contributed by atoms with E-state index in [1.165, 1.54) is 25.3 Å². The number of aromatic carboxylic acids is 1. The van der Waals surface area contributed by atoms with Crippen LogP contribution in [-0.4, -0.2) is 39.4 Å². The third kappa shape index (κ3) is 3.94. The molecular weight excluding hydrogens is 400 g/mol. The number of pyridine rings is 1. The van der Waals surface area contributed by atoms with Gasteiger partial charge in [-0.15, -0.1) is 0 Å². The van der Waals surface area contributed by atoms with Gasteiger partial charge in [-0.3, -0.25) is 5.10 Å². The van der Waals surface area contributed by atoms with E-state index in [0.717, 1.165) is 16.5 Å². The highest BCUT2D eigenvalue weighted by Crippen LogP contribution is 2.31. The van der Waals surface area contributed by atoms with Crippen molar-refractivity contribution in [3.05, 3.63) is 60.3 Å². The van der Waals surface area contributed by atoms with Crippen LogP contribution in [0.25, 0.3) is 22.2 Å². The normalized spacial score (nSPS) is 10.6. The number of aromatic amines is 1. The molecule has 0 aliphatic heterocycles. The quantitative estimate of drug-likeness (QED) is 0.332. The lowest BCUT2D eigenvalue weighted by atomic mass is 10.0. The first kappa shape index (κ1) is 19.7. The number of fused-ring (bicyclic) bond motifs is 1. The Morgan fingerprint density at radius 3 is 2.58 bits per heavy atom. The number of urea groups is 1. The molecule has 0 saturated heterocycles. The van der Waals surface area contributed by atoms with Crippen LogP contribution in [0.5, 0.6) is 5.75 Å². The molecule has 31 heavy (non-hydrogen) atoms. The van der Waals surface area contributed by atoms with Gasteiger partial charge in [0.05, 0.1) is 23.7 Å². The van der Waals surface area contributed by atoms with Crippen molar-refractivity contribution in [1.29, 1.82) is 0 Å². The van der Waals surface area contributed by atoms with Crippen LogP contribution in [-0.2, 0) is 0 Å². The number of carbonyl (C=O) groups excluding carboxylic acids is 1. The van der Waals surface area contributed by atoms with Crippen LogP contribution >= 0.6 is 0 Å². The van der Waals surface area contributed by atoms with Crippen molar-refractivity contribution in [3.63, 3.8) is 0 Å². The Balaban J connectivity index is 1.52. The number of H-pyrrole nitrogens is 1. The molecule has 0 bridgehead atoms. The lowest BCUT2D eigenvalue weighted by Gasteiger charge is -2.12. The van der Waals surface area contributed by atoms with Gasteiger partial charge in [0.2, 0.25) is 0 Å². The maximum absolute atomic E-state index is 12.4. The number of carboxylic acids is 1. The molecule has 4 rings (SSSR count). The fourth-order valence-corrected chi connectivity index (χ4v) is 3.17. The van der Waals surface area contributed by atoms with Crippen molar-refractivity contribution in [2.45, 2.75) is 0 Å². The second kappa shape index (κ2) is 8.03. The highest BCUT2D eigenvalue weighted by Gasteiger charge is 2.13. The first-order valence-corrected chi connectivity index (χ1v) is 9.14. The summed E-state index contributed by atoms with van der Waals surface area (Å²) < 4.78 is 5.18. The van der Waals surface area contributed by atoms with E-state index in [4.69, 9.17) is 15.6 Å². The van der Waals surface area contributed by atoms with Crippen LogP contribution in [0.4, 0.5) is 22.0 Å². The number of methoxy groups -OCH3 is 1. The predicted octanol–water partition coefficient (Wildman–Crippen LogP) is 3.56. The van der Waals surface area contributed by atoms with Gasteiger partial charge in [-0.25, -0.2) is 14.6 Å². The number of rotatable bonds is 5. The second-order valence-corrected chi connectivity index (χ2v) is 6.57. The fraction of sp³-hybridized carbons (Fsp3) is 0.0476. The molecule has 0 aliphatic carbocycles. The van der Waals surface area contributed by atoms with Crippen molar-refractivity contribution in [2.75, 3.05) is 23.5 Å². The number of carboxylic acid groups (broad SMARTS) is 1. The first-order chi connectivity index (χ1) is 15.0. The standard InChI is InChI=1S/C21H18N6O4/c1-31-16-7-4-12(20(28)29)10-15(16)25-21(30)24-13-5-2-11(3-6-13)14-8-9-23-19-17(14)18(22)26-27-19/h2-10H,1H3,(H,28,29)(H2,24,25,30)(H3,22,23,26,27). The average Bonchev–Trinajstić information content (AvgIpc) is 3.15. The van der Waals surface area contributed by atoms with Crippen molar-refractivity contribution >= 4 is 40.2 Å². The maximum Gasteiger partial charge on any atom is 0.335 e. The molecule has 2 amide bonds. The molecule has 0 atom stereocenters. The number of anilines is 3. The molecule has 2 heterocycles. The van der Waals surface area contributed by atoms with Crippen LogP contribution in [0.2, 0.25) is 0 Å². The third-order valence-electron chi connectivity index (χ3n) is 4.63. The molecule has 10 heteroatoms. The van der Waals surface area contributed by atoms with E-state index in [2.05, 4.69) is 25.8 Å². The van der Waals surface area contributed by atoms with Crippen LogP contribution in [0.3, 0.4) is 0 Å². The Morgan fingerprint density at radius 2 is 1.87 bits per heavy atom. The van der Waals surface area contributed by atoms with Gasteiger partial charge in [-0.05, 0) is 47.5 Å². The second-order valence-electron chi connectivity index (χ2n) is 6.57. The largest absolute Gasteiger partial charge is 0.495 e. The summed E-state index contributed by atoms with van der Waals surface area (Å²) >= 11 is 0. The van der Waals surface area contributed by atoms with Gasteiger partial charge < -0.3 is 26.2 Å². The van der Waals surface area contributed by atoms with E-state index < -0.39 is 12.0 Å². The lowest BCUT2D eigenvalue weighted by molar-refractivity contribution is 0.0697. The van der Waals surface area contributed by atoms with Crippen molar-refractivity contribution < 1.29 is 19.4 Å². The van der Waals surface area contributed by atoms with Crippen LogP contribution in [0.15, 0.2) is 54.7 Å². The minimum Gasteiger partial charge on any atom is -0.495 e. The molecule has 156 valence electrons. The molecule has 0 fully saturated rings. The Bertz CT molecular complexity index is 1280. The summed E-state index contributed by atoms with van der Waals surface area (Å²) in [4.78, 5) is 27.8. The van der Waals surface area contributed by atoms with Crippen molar-refractivity contribution in [2.24, 2.45) is 0 Å². The molecule has 0 saturated carbocycles. The zero-order valence-electron chi connectivity index (χ0n) is 16.3. The Morgan fingerprint density at radius 1 is 1.10 bits per heavy atom. The highest BCUT2D eigenvalue weighted by molar-refractivity contribution is 6.02. The summed E-state index contributed by atoms with van der Waals surface area (Å²) in [7, 11) is 1.43. The summed E-state index contributed by atoms with van der Waals surface area (Å²) in [6.07, 6.45) is 1.65. The van der Waals surface area contributed by atoms with Gasteiger partial charge in [0, 0.05) is 11.9 Å². The summed E-state index contributed by atoms with van der Waals surface area (Å²) in [5.74, 6) is -0.336. The molecule has 6 N–H and O–H groups in total. The number of benzene rings is 2. The number of amides is 2. The molecule has 4 aromatic rings. The lowest BCUT2D eigenvalue weighted by Crippen LogP contribution is -2.20. The maximum atomic E-state index is 12.4. The van der Waals surface area contributed by atoms with Crippen molar-refractivity contribution in [3.8, 4) is 16.9 Å². The average molecular weight is 418 g/mol. The molecule has 2 aromatic carbocycles.